The van der Waals surface area contributed by atoms with Gasteiger partial charge in [0.1, 0.15) is 0 Å². The molecule has 25 heavy (non-hydrogen) atoms. The molecule has 0 fully saturated rings. The molecule has 0 saturated carbocycles. The van der Waals surface area contributed by atoms with Crippen LogP contribution >= 0.6 is 0 Å². The third-order valence-corrected chi connectivity index (χ3v) is 2.91. The van der Waals surface area contributed by atoms with E-state index in [2.05, 4.69) is 16.0 Å². The number of nitrogens with one attached hydrogen (secondary N) is 4. The predicted molar refractivity (Wildman–Crippen MR) is 83.4 cm³/mol. The second kappa shape index (κ2) is 9.02. The smallest absolute Gasteiger partial charge is 0.321 e. The summed E-state index contributed by atoms with van der Waals surface area (Å²) in [7, 11) is 1.50. The maximum absolute atomic E-state index is 13.5. The molecule has 0 aromatic heterocycles. The van der Waals surface area contributed by atoms with E-state index in [1.165, 1.54) is 7.05 Å². The number of carbonyl (C=O) groups is 3. The van der Waals surface area contributed by atoms with Gasteiger partial charge in [-0.05, 0) is 26.0 Å². The highest BCUT2D eigenvalue weighted by atomic mass is 19.2. The molecule has 1 aromatic carbocycles. The number of likely N-dealkylation sites (N-methyl/N-ethyl adjacent to an activating group) is 1. The van der Waals surface area contributed by atoms with Crippen LogP contribution in [0.3, 0.4) is 0 Å². The van der Waals surface area contributed by atoms with Crippen LogP contribution in [0.15, 0.2) is 12.1 Å². The van der Waals surface area contributed by atoms with E-state index >= 15 is 0 Å². The van der Waals surface area contributed by atoms with E-state index in [1.807, 2.05) is 0 Å². The minimum absolute atomic E-state index is 0.144. The average molecular weight is 361 g/mol. The lowest BCUT2D eigenvalue weighted by Crippen LogP contribution is -3.11. The first-order valence-corrected chi connectivity index (χ1v) is 7.45. The molecule has 0 aliphatic carbocycles. The third-order valence-electron chi connectivity index (χ3n) is 2.91. The van der Waals surface area contributed by atoms with Crippen molar-refractivity contribution >= 4 is 23.5 Å². The van der Waals surface area contributed by atoms with Gasteiger partial charge in [-0.3, -0.25) is 14.9 Å². The summed E-state index contributed by atoms with van der Waals surface area (Å²) in [6, 6.07) is 0.783. The predicted octanol–water partition coefficient (Wildman–Crippen LogP) is -0.209. The standard InChI is InChI=1S/C15H19F3N4O3/c1-8(2)19-15(25)21-12(24)7-22(3)6-11(23)20-10-5-4-9(16)13(17)14(10)18/h4-5,8H,6-7H2,1-3H3,(H,20,23)(H2,19,21,24,25)/p+1. The number of amides is 4. The van der Waals surface area contributed by atoms with Crippen molar-refractivity contribution in [2.75, 3.05) is 25.5 Å². The fraction of sp³-hybridized carbons (Fsp3) is 0.400. The van der Waals surface area contributed by atoms with Crippen molar-refractivity contribution in [2.24, 2.45) is 0 Å². The van der Waals surface area contributed by atoms with Crippen molar-refractivity contribution in [1.82, 2.24) is 10.6 Å². The Morgan fingerprint density at radius 1 is 1.04 bits per heavy atom. The first-order valence-electron chi connectivity index (χ1n) is 7.45. The summed E-state index contributed by atoms with van der Waals surface area (Å²) in [6.45, 7) is 3.00. The van der Waals surface area contributed by atoms with Crippen LogP contribution in [-0.4, -0.2) is 44.0 Å². The van der Waals surface area contributed by atoms with Crippen LogP contribution in [0.2, 0.25) is 0 Å². The van der Waals surface area contributed by atoms with Gasteiger partial charge in [-0.2, -0.15) is 0 Å². The molecule has 0 spiro atoms. The quantitative estimate of drug-likeness (QED) is 0.529. The highest BCUT2D eigenvalue weighted by Gasteiger charge is 2.19. The Morgan fingerprint density at radius 2 is 1.64 bits per heavy atom. The Morgan fingerprint density at radius 3 is 2.24 bits per heavy atom. The number of halogens is 3. The summed E-state index contributed by atoms with van der Waals surface area (Å²) in [5.74, 6) is -5.87. The van der Waals surface area contributed by atoms with Crippen molar-refractivity contribution in [3.63, 3.8) is 0 Å². The number of urea groups is 1. The number of carbonyl (C=O) groups excluding carboxylic acids is 3. The van der Waals surface area contributed by atoms with E-state index in [1.54, 1.807) is 13.8 Å². The second-order valence-electron chi connectivity index (χ2n) is 5.76. The molecular formula is C15H20F3N4O3+. The molecule has 10 heteroatoms. The molecule has 0 aliphatic heterocycles. The zero-order valence-electron chi connectivity index (χ0n) is 14.0. The van der Waals surface area contributed by atoms with Crippen molar-refractivity contribution < 1.29 is 32.5 Å². The number of hydrogen-bond acceptors (Lipinski definition) is 3. The molecule has 0 aliphatic rings. The minimum atomic E-state index is -1.69. The lowest BCUT2D eigenvalue weighted by molar-refractivity contribution is -0.862. The summed E-state index contributed by atoms with van der Waals surface area (Å²) in [5.41, 5.74) is -0.502. The fourth-order valence-corrected chi connectivity index (χ4v) is 1.90. The fourth-order valence-electron chi connectivity index (χ4n) is 1.90. The molecule has 4 N–H and O–H groups in total. The van der Waals surface area contributed by atoms with Crippen LogP contribution in [0.4, 0.5) is 23.7 Å². The van der Waals surface area contributed by atoms with E-state index in [9.17, 15) is 27.6 Å². The molecule has 1 rings (SSSR count). The molecule has 7 nitrogen and oxygen atoms in total. The maximum Gasteiger partial charge on any atom is 0.321 e. The SMILES string of the molecule is CC(C)NC(=O)NC(=O)C[NH+](C)CC(=O)Nc1ccc(F)c(F)c1F. The Hall–Kier alpha value is -2.62. The topological polar surface area (TPSA) is 91.7 Å². The first kappa shape index (κ1) is 20.4. The zero-order valence-corrected chi connectivity index (χ0v) is 14.0. The van der Waals surface area contributed by atoms with Crippen molar-refractivity contribution in [2.45, 2.75) is 19.9 Å². The van der Waals surface area contributed by atoms with Crippen LogP contribution in [-0.2, 0) is 9.59 Å². The molecule has 138 valence electrons. The van der Waals surface area contributed by atoms with Gasteiger partial charge < -0.3 is 15.5 Å². The van der Waals surface area contributed by atoms with Gasteiger partial charge >= 0.3 is 6.03 Å². The molecule has 1 atom stereocenters. The van der Waals surface area contributed by atoms with Crippen LogP contribution in [0, 0.1) is 17.5 Å². The average Bonchev–Trinajstić information content (AvgIpc) is 2.46. The Bertz CT molecular complexity index is 668. The molecule has 0 bridgehead atoms. The van der Waals surface area contributed by atoms with Crippen molar-refractivity contribution in [3.8, 4) is 0 Å². The van der Waals surface area contributed by atoms with Gasteiger partial charge in [-0.1, -0.05) is 0 Å². The normalized spacial score (nSPS) is 11.8. The molecule has 0 heterocycles. The lowest BCUT2D eigenvalue weighted by atomic mass is 10.2. The van der Waals surface area contributed by atoms with Gasteiger partial charge in [-0.15, -0.1) is 0 Å². The molecule has 0 radical (unpaired) electrons. The maximum atomic E-state index is 13.5. The number of anilines is 1. The summed E-state index contributed by atoms with van der Waals surface area (Å²) < 4.78 is 39.4. The van der Waals surface area contributed by atoms with E-state index in [0.29, 0.717) is 11.0 Å². The lowest BCUT2D eigenvalue weighted by Gasteiger charge is -2.14. The number of rotatable bonds is 6. The summed E-state index contributed by atoms with van der Waals surface area (Å²) in [5, 5.41) is 6.66. The third kappa shape index (κ3) is 6.79. The summed E-state index contributed by atoms with van der Waals surface area (Å²) in [6.07, 6.45) is 0. The van der Waals surface area contributed by atoms with Gasteiger partial charge in [0.2, 0.25) is 0 Å². The molecule has 0 saturated heterocycles. The summed E-state index contributed by atoms with van der Waals surface area (Å²) in [4.78, 5) is 35.2. The van der Waals surface area contributed by atoms with E-state index in [-0.39, 0.29) is 19.1 Å². The Balaban J connectivity index is 2.50. The van der Waals surface area contributed by atoms with Crippen LogP contribution in [0.5, 0.6) is 0 Å². The largest absolute Gasteiger partial charge is 0.336 e. The van der Waals surface area contributed by atoms with E-state index in [0.717, 1.165) is 6.07 Å². The van der Waals surface area contributed by atoms with Crippen molar-refractivity contribution in [1.29, 1.82) is 0 Å². The van der Waals surface area contributed by atoms with Gasteiger partial charge in [0, 0.05) is 6.04 Å². The highest BCUT2D eigenvalue weighted by molar-refractivity contribution is 5.95. The number of imide groups is 1. The Labute approximate surface area is 142 Å². The highest BCUT2D eigenvalue weighted by Crippen LogP contribution is 2.19. The minimum Gasteiger partial charge on any atom is -0.336 e. The molecular weight excluding hydrogens is 341 g/mol. The van der Waals surface area contributed by atoms with Gasteiger partial charge in [0.05, 0.1) is 12.7 Å². The number of benzene rings is 1. The van der Waals surface area contributed by atoms with Crippen LogP contribution < -0.4 is 20.9 Å². The van der Waals surface area contributed by atoms with E-state index in [4.69, 9.17) is 0 Å². The monoisotopic (exact) mass is 361 g/mol. The van der Waals surface area contributed by atoms with Gasteiger partial charge in [0.15, 0.2) is 30.5 Å². The number of quaternary nitrogens is 1. The Kier molecular flexibility index (Phi) is 7.37. The second-order valence-corrected chi connectivity index (χ2v) is 5.76. The molecule has 1 aromatic rings. The number of hydrogen-bond donors (Lipinski definition) is 4. The van der Waals surface area contributed by atoms with Crippen molar-refractivity contribution in [3.05, 3.63) is 29.6 Å². The van der Waals surface area contributed by atoms with E-state index < -0.39 is 41.0 Å². The van der Waals surface area contributed by atoms with Gasteiger partial charge in [-0.25, -0.2) is 18.0 Å². The van der Waals surface area contributed by atoms with Crippen LogP contribution in [0.1, 0.15) is 13.8 Å². The molecule has 1 unspecified atom stereocenters. The first-order chi connectivity index (χ1) is 11.6. The summed E-state index contributed by atoms with van der Waals surface area (Å²) >= 11 is 0. The molecule has 4 amide bonds. The van der Waals surface area contributed by atoms with Crippen LogP contribution in [0.25, 0.3) is 0 Å². The zero-order chi connectivity index (χ0) is 19.1. The van der Waals surface area contributed by atoms with Gasteiger partial charge in [0.25, 0.3) is 11.8 Å².